The number of ether oxygens (including phenoxy) is 1. The molecule has 0 atom stereocenters. The van der Waals surface area contributed by atoms with Crippen LogP contribution in [0.2, 0.25) is 5.02 Å². The summed E-state index contributed by atoms with van der Waals surface area (Å²) in [6.07, 6.45) is 0. The van der Waals surface area contributed by atoms with Gasteiger partial charge in [-0.25, -0.2) is 0 Å². The molecule has 4 heteroatoms. The molecule has 2 rings (SSSR count). The number of aromatic nitrogens is 1. The van der Waals surface area contributed by atoms with E-state index < -0.39 is 0 Å². The first-order valence-corrected chi connectivity index (χ1v) is 6.90. The lowest BCUT2D eigenvalue weighted by atomic mass is 10.1. The number of anilines is 1. The molecule has 20 heavy (non-hydrogen) atoms. The molecule has 0 saturated carbocycles. The average molecular weight is 291 g/mol. The van der Waals surface area contributed by atoms with Crippen LogP contribution < -0.4 is 10.1 Å². The molecule has 0 unspecified atom stereocenters. The largest absolute Gasteiger partial charge is 0.439 e. The summed E-state index contributed by atoms with van der Waals surface area (Å²) in [5, 5.41) is 4.02. The van der Waals surface area contributed by atoms with Crippen molar-refractivity contribution in [2.45, 2.75) is 33.2 Å². The van der Waals surface area contributed by atoms with Crippen molar-refractivity contribution in [3.8, 4) is 11.6 Å². The number of benzene rings is 1. The monoisotopic (exact) mass is 290 g/mol. The summed E-state index contributed by atoms with van der Waals surface area (Å²) in [4.78, 5) is 4.45. The Morgan fingerprint density at radius 1 is 1.15 bits per heavy atom. The molecule has 0 aliphatic rings. The molecule has 106 valence electrons. The molecule has 0 aliphatic heterocycles. The van der Waals surface area contributed by atoms with Crippen molar-refractivity contribution in [3.05, 3.63) is 47.0 Å². The molecular formula is C16H19ClN2O. The first-order chi connectivity index (χ1) is 9.33. The maximum absolute atomic E-state index is 5.94. The van der Waals surface area contributed by atoms with Crippen LogP contribution in [0.25, 0.3) is 0 Å². The van der Waals surface area contributed by atoms with Crippen molar-refractivity contribution in [3.63, 3.8) is 0 Å². The molecule has 1 aromatic carbocycles. The number of hydrogen-bond acceptors (Lipinski definition) is 3. The van der Waals surface area contributed by atoms with Gasteiger partial charge in [0.15, 0.2) is 0 Å². The Morgan fingerprint density at radius 2 is 1.90 bits per heavy atom. The fourth-order valence-electron chi connectivity index (χ4n) is 1.77. The molecule has 0 aliphatic carbocycles. The second kappa shape index (κ2) is 5.71. The predicted molar refractivity (Wildman–Crippen MR) is 83.9 cm³/mol. The topological polar surface area (TPSA) is 34.1 Å². The van der Waals surface area contributed by atoms with E-state index in [0.717, 1.165) is 17.1 Å². The zero-order chi connectivity index (χ0) is 14.8. The lowest BCUT2D eigenvalue weighted by Crippen LogP contribution is -2.26. The summed E-state index contributed by atoms with van der Waals surface area (Å²) in [6.45, 7) is 8.22. The number of hydrogen-bond donors (Lipinski definition) is 1. The number of aryl methyl sites for hydroxylation is 1. The molecule has 0 fully saturated rings. The minimum atomic E-state index is -0.0399. The van der Waals surface area contributed by atoms with Gasteiger partial charge in [-0.2, -0.15) is 4.98 Å². The fraction of sp³-hybridized carbons (Fsp3) is 0.312. The van der Waals surface area contributed by atoms with E-state index in [4.69, 9.17) is 16.3 Å². The molecule has 0 radical (unpaired) electrons. The van der Waals surface area contributed by atoms with Crippen LogP contribution in [0.4, 0.5) is 5.82 Å². The number of rotatable bonds is 3. The number of nitrogens with one attached hydrogen (secondary N) is 1. The minimum absolute atomic E-state index is 0.0399. The quantitative estimate of drug-likeness (QED) is 0.859. The average Bonchev–Trinajstić information content (AvgIpc) is 2.31. The van der Waals surface area contributed by atoms with Crippen LogP contribution in [0, 0.1) is 6.92 Å². The smallest absolute Gasteiger partial charge is 0.221 e. The molecule has 0 spiro atoms. The number of halogens is 1. The standard InChI is InChI=1S/C16H19ClN2O/c1-11-10-12(17)8-9-13(11)20-15-7-5-6-14(18-15)19-16(2,3)4/h5-10H,1-4H3,(H,18,19). The third kappa shape index (κ3) is 4.14. The van der Waals surface area contributed by atoms with E-state index in [9.17, 15) is 0 Å². The predicted octanol–water partition coefficient (Wildman–Crippen LogP) is 5.05. The van der Waals surface area contributed by atoms with Crippen LogP contribution in [0.1, 0.15) is 26.3 Å². The van der Waals surface area contributed by atoms with Crippen LogP contribution in [0.15, 0.2) is 36.4 Å². The van der Waals surface area contributed by atoms with E-state index in [0.29, 0.717) is 10.9 Å². The molecule has 0 amide bonds. The summed E-state index contributed by atoms with van der Waals surface area (Å²) in [5.74, 6) is 2.11. The van der Waals surface area contributed by atoms with Gasteiger partial charge in [0.2, 0.25) is 5.88 Å². The van der Waals surface area contributed by atoms with Crippen LogP contribution in [-0.2, 0) is 0 Å². The third-order valence-corrected chi connectivity index (χ3v) is 2.81. The van der Waals surface area contributed by atoms with Gasteiger partial charge in [0, 0.05) is 16.6 Å². The summed E-state index contributed by atoms with van der Waals surface area (Å²) in [5.41, 5.74) is 0.940. The Morgan fingerprint density at radius 3 is 2.55 bits per heavy atom. The molecule has 0 bridgehead atoms. The van der Waals surface area contributed by atoms with Crippen LogP contribution >= 0.6 is 11.6 Å². The SMILES string of the molecule is Cc1cc(Cl)ccc1Oc1cccc(NC(C)(C)C)n1. The molecule has 1 N–H and O–H groups in total. The van der Waals surface area contributed by atoms with Crippen molar-refractivity contribution in [2.24, 2.45) is 0 Å². The highest BCUT2D eigenvalue weighted by atomic mass is 35.5. The maximum atomic E-state index is 5.94. The Labute approximate surface area is 124 Å². The van der Waals surface area contributed by atoms with Crippen LogP contribution in [-0.4, -0.2) is 10.5 Å². The zero-order valence-corrected chi connectivity index (χ0v) is 13.0. The Kier molecular flexibility index (Phi) is 4.19. The summed E-state index contributed by atoms with van der Waals surface area (Å²) in [7, 11) is 0. The van der Waals surface area contributed by atoms with Gasteiger partial charge < -0.3 is 10.1 Å². The minimum Gasteiger partial charge on any atom is -0.439 e. The maximum Gasteiger partial charge on any atom is 0.221 e. The van der Waals surface area contributed by atoms with E-state index in [-0.39, 0.29) is 5.54 Å². The fourth-order valence-corrected chi connectivity index (χ4v) is 1.99. The number of nitrogens with zero attached hydrogens (tertiary/aromatic N) is 1. The molecule has 1 aromatic heterocycles. The van der Waals surface area contributed by atoms with E-state index in [1.165, 1.54) is 0 Å². The Bertz CT molecular complexity index is 606. The Balaban J connectivity index is 2.19. The van der Waals surface area contributed by atoms with Crippen molar-refractivity contribution < 1.29 is 4.74 Å². The van der Waals surface area contributed by atoms with Crippen LogP contribution in [0.5, 0.6) is 11.6 Å². The van der Waals surface area contributed by atoms with Crippen molar-refractivity contribution in [2.75, 3.05) is 5.32 Å². The Hall–Kier alpha value is -1.74. The summed E-state index contributed by atoms with van der Waals surface area (Å²) in [6, 6.07) is 11.2. The van der Waals surface area contributed by atoms with Gasteiger partial charge in [-0.15, -0.1) is 0 Å². The van der Waals surface area contributed by atoms with Crippen molar-refractivity contribution in [1.82, 2.24) is 4.98 Å². The van der Waals surface area contributed by atoms with Crippen LogP contribution in [0.3, 0.4) is 0 Å². The summed E-state index contributed by atoms with van der Waals surface area (Å²) >= 11 is 5.94. The third-order valence-electron chi connectivity index (χ3n) is 2.58. The second-order valence-electron chi connectivity index (χ2n) is 5.75. The van der Waals surface area contributed by atoms with Gasteiger partial charge in [-0.05, 0) is 57.5 Å². The highest BCUT2D eigenvalue weighted by Gasteiger charge is 2.11. The highest BCUT2D eigenvalue weighted by molar-refractivity contribution is 6.30. The van der Waals surface area contributed by atoms with Gasteiger partial charge in [0.05, 0.1) is 0 Å². The first kappa shape index (κ1) is 14.7. The van der Waals surface area contributed by atoms with Crippen molar-refractivity contribution >= 4 is 17.4 Å². The first-order valence-electron chi connectivity index (χ1n) is 6.53. The lowest BCUT2D eigenvalue weighted by Gasteiger charge is -2.21. The van der Waals surface area contributed by atoms with Gasteiger partial charge in [0.25, 0.3) is 0 Å². The normalized spacial score (nSPS) is 11.2. The molecule has 1 heterocycles. The summed E-state index contributed by atoms with van der Waals surface area (Å²) < 4.78 is 5.81. The molecule has 3 nitrogen and oxygen atoms in total. The molecular weight excluding hydrogens is 272 g/mol. The molecule has 0 saturated heterocycles. The van der Waals surface area contributed by atoms with E-state index in [2.05, 4.69) is 31.1 Å². The lowest BCUT2D eigenvalue weighted by molar-refractivity contribution is 0.459. The van der Waals surface area contributed by atoms with Gasteiger partial charge in [0.1, 0.15) is 11.6 Å². The number of pyridine rings is 1. The van der Waals surface area contributed by atoms with Crippen molar-refractivity contribution in [1.29, 1.82) is 0 Å². The van der Waals surface area contributed by atoms with Gasteiger partial charge in [-0.1, -0.05) is 17.7 Å². The van der Waals surface area contributed by atoms with E-state index >= 15 is 0 Å². The highest BCUT2D eigenvalue weighted by Crippen LogP contribution is 2.27. The zero-order valence-electron chi connectivity index (χ0n) is 12.2. The van der Waals surface area contributed by atoms with Gasteiger partial charge in [-0.3, -0.25) is 0 Å². The van der Waals surface area contributed by atoms with E-state index in [1.807, 2.05) is 37.3 Å². The second-order valence-corrected chi connectivity index (χ2v) is 6.18. The van der Waals surface area contributed by atoms with E-state index in [1.54, 1.807) is 6.07 Å². The molecule has 2 aromatic rings. The van der Waals surface area contributed by atoms with Gasteiger partial charge >= 0.3 is 0 Å².